The molecular formula is C19H37N3O2. The highest BCUT2D eigenvalue weighted by Crippen LogP contribution is 2.36. The molecule has 0 aliphatic carbocycles. The van der Waals surface area contributed by atoms with Gasteiger partial charge in [0.2, 0.25) is 0 Å². The minimum atomic E-state index is -0.412. The van der Waals surface area contributed by atoms with Gasteiger partial charge in [-0.05, 0) is 64.8 Å². The number of rotatable bonds is 6. The van der Waals surface area contributed by atoms with Crippen molar-refractivity contribution in [3.05, 3.63) is 0 Å². The van der Waals surface area contributed by atoms with Gasteiger partial charge in [-0.1, -0.05) is 13.3 Å². The fraction of sp³-hybridized carbons (Fsp3) is 0.947. The maximum absolute atomic E-state index is 12.3. The summed E-state index contributed by atoms with van der Waals surface area (Å²) in [7, 11) is 0. The Morgan fingerprint density at radius 2 is 2.04 bits per heavy atom. The molecule has 0 aromatic carbocycles. The Balaban J connectivity index is 1.80. The molecule has 24 heavy (non-hydrogen) atoms. The third-order valence-electron chi connectivity index (χ3n) is 5.31. The summed E-state index contributed by atoms with van der Waals surface area (Å²) in [5, 5.41) is 7.26. The molecule has 0 radical (unpaired) electrons. The zero-order valence-corrected chi connectivity index (χ0v) is 16.1. The molecule has 0 aromatic rings. The van der Waals surface area contributed by atoms with Crippen molar-refractivity contribution in [3.63, 3.8) is 0 Å². The van der Waals surface area contributed by atoms with Gasteiger partial charge in [0.15, 0.2) is 0 Å². The number of nitrogens with zero attached hydrogens (tertiary/aromatic N) is 1. The summed E-state index contributed by atoms with van der Waals surface area (Å²) in [4.78, 5) is 14.1. The number of nitrogens with one attached hydrogen (secondary N) is 2. The minimum absolute atomic E-state index is 0.157. The number of ether oxygens (including phenoxy) is 1. The van der Waals surface area contributed by atoms with Crippen molar-refractivity contribution in [1.82, 2.24) is 15.5 Å². The Morgan fingerprint density at radius 3 is 2.58 bits per heavy atom. The van der Waals surface area contributed by atoms with E-state index in [0.717, 1.165) is 45.6 Å². The number of hydrogen-bond donors (Lipinski definition) is 2. The predicted molar refractivity (Wildman–Crippen MR) is 98.3 cm³/mol. The number of carbonyl (C=O) groups is 1. The Labute approximate surface area is 147 Å². The molecule has 2 saturated heterocycles. The van der Waals surface area contributed by atoms with E-state index in [0.29, 0.717) is 11.5 Å². The average molecular weight is 340 g/mol. The fourth-order valence-electron chi connectivity index (χ4n) is 3.98. The predicted octanol–water partition coefficient (Wildman–Crippen LogP) is 3.15. The minimum Gasteiger partial charge on any atom is -0.444 e. The van der Waals surface area contributed by atoms with Crippen molar-refractivity contribution in [2.75, 3.05) is 32.7 Å². The normalized spacial score (nSPS) is 24.2. The van der Waals surface area contributed by atoms with E-state index >= 15 is 0 Å². The molecule has 0 spiro atoms. The van der Waals surface area contributed by atoms with Crippen molar-refractivity contribution >= 4 is 6.09 Å². The van der Waals surface area contributed by atoms with Crippen molar-refractivity contribution < 1.29 is 9.53 Å². The summed E-state index contributed by atoms with van der Waals surface area (Å²) >= 11 is 0. The molecular weight excluding hydrogens is 302 g/mol. The quantitative estimate of drug-likeness (QED) is 0.780. The third kappa shape index (κ3) is 5.92. The Bertz CT molecular complexity index is 392. The van der Waals surface area contributed by atoms with Crippen LogP contribution in [0, 0.1) is 5.41 Å². The van der Waals surface area contributed by atoms with Gasteiger partial charge in [-0.2, -0.15) is 0 Å². The molecule has 0 aromatic heterocycles. The van der Waals surface area contributed by atoms with Crippen LogP contribution in [0.4, 0.5) is 4.79 Å². The molecule has 140 valence electrons. The molecule has 1 unspecified atom stereocenters. The highest BCUT2D eigenvalue weighted by atomic mass is 16.6. The van der Waals surface area contributed by atoms with Crippen LogP contribution in [0.3, 0.4) is 0 Å². The first-order valence-corrected chi connectivity index (χ1v) is 9.76. The van der Waals surface area contributed by atoms with Crippen LogP contribution in [0.2, 0.25) is 0 Å². The molecule has 2 heterocycles. The maximum Gasteiger partial charge on any atom is 0.410 e. The van der Waals surface area contributed by atoms with Crippen LogP contribution in [-0.2, 0) is 4.74 Å². The summed E-state index contributed by atoms with van der Waals surface area (Å²) in [5.74, 6) is 0. The summed E-state index contributed by atoms with van der Waals surface area (Å²) in [6.45, 7) is 13.0. The second-order valence-corrected chi connectivity index (χ2v) is 8.64. The van der Waals surface area contributed by atoms with E-state index in [2.05, 4.69) is 17.6 Å². The van der Waals surface area contributed by atoms with Crippen LogP contribution < -0.4 is 10.6 Å². The highest BCUT2D eigenvalue weighted by molar-refractivity contribution is 5.68. The van der Waals surface area contributed by atoms with Crippen LogP contribution in [0.5, 0.6) is 0 Å². The molecule has 1 atom stereocenters. The van der Waals surface area contributed by atoms with Gasteiger partial charge >= 0.3 is 6.09 Å². The third-order valence-corrected chi connectivity index (χ3v) is 5.31. The molecule has 2 aliphatic heterocycles. The number of likely N-dealkylation sites (tertiary alicyclic amines) is 1. The lowest BCUT2D eigenvalue weighted by molar-refractivity contribution is 0.00878. The average Bonchev–Trinajstić information content (AvgIpc) is 3.00. The largest absolute Gasteiger partial charge is 0.444 e. The van der Waals surface area contributed by atoms with Gasteiger partial charge in [0.05, 0.1) is 0 Å². The Hall–Kier alpha value is -0.810. The lowest BCUT2D eigenvalue weighted by Gasteiger charge is -2.42. The molecule has 0 saturated carbocycles. The number of piperidine rings is 1. The van der Waals surface area contributed by atoms with Crippen molar-refractivity contribution in [2.24, 2.45) is 5.41 Å². The van der Waals surface area contributed by atoms with E-state index in [4.69, 9.17) is 4.74 Å². The summed E-state index contributed by atoms with van der Waals surface area (Å²) < 4.78 is 5.52. The van der Waals surface area contributed by atoms with Gasteiger partial charge < -0.3 is 20.3 Å². The summed E-state index contributed by atoms with van der Waals surface area (Å²) in [6, 6.07) is 0.644. The number of hydrogen-bond acceptors (Lipinski definition) is 4. The van der Waals surface area contributed by atoms with Gasteiger partial charge in [0.1, 0.15) is 5.60 Å². The second kappa shape index (κ2) is 8.52. The Morgan fingerprint density at radius 1 is 1.33 bits per heavy atom. The van der Waals surface area contributed by atoms with Gasteiger partial charge in [-0.3, -0.25) is 0 Å². The maximum atomic E-state index is 12.3. The number of carbonyl (C=O) groups excluding carboxylic acids is 1. The first-order chi connectivity index (χ1) is 11.3. The van der Waals surface area contributed by atoms with Crippen LogP contribution in [-0.4, -0.2) is 55.4 Å². The van der Waals surface area contributed by atoms with E-state index < -0.39 is 5.60 Å². The van der Waals surface area contributed by atoms with Gasteiger partial charge in [0, 0.05) is 32.2 Å². The zero-order valence-electron chi connectivity index (χ0n) is 16.1. The van der Waals surface area contributed by atoms with Gasteiger partial charge in [0.25, 0.3) is 0 Å². The van der Waals surface area contributed by atoms with Gasteiger partial charge in [-0.25, -0.2) is 4.79 Å². The van der Waals surface area contributed by atoms with E-state index in [-0.39, 0.29) is 6.09 Å². The molecule has 2 N–H and O–H groups in total. The first-order valence-electron chi connectivity index (χ1n) is 9.76. The molecule has 2 fully saturated rings. The van der Waals surface area contributed by atoms with Crippen LogP contribution >= 0.6 is 0 Å². The zero-order chi connectivity index (χ0) is 17.6. The summed E-state index contributed by atoms with van der Waals surface area (Å²) in [6.07, 6.45) is 7.03. The topological polar surface area (TPSA) is 53.6 Å². The second-order valence-electron chi connectivity index (χ2n) is 8.64. The van der Waals surface area contributed by atoms with E-state index in [1.807, 2.05) is 25.7 Å². The summed E-state index contributed by atoms with van der Waals surface area (Å²) in [5.41, 5.74) is -0.0727. The number of amides is 1. The standard InChI is InChI=1S/C19H37N3O2/c1-5-8-19(15-20-14-16-7-6-11-21-16)9-12-22(13-10-19)17(23)24-18(2,3)4/h16,20-21H,5-15H2,1-4H3. The molecule has 5 nitrogen and oxygen atoms in total. The van der Waals surface area contributed by atoms with E-state index in [9.17, 15) is 4.79 Å². The van der Waals surface area contributed by atoms with Gasteiger partial charge in [-0.15, -0.1) is 0 Å². The molecule has 0 bridgehead atoms. The molecule has 5 heteroatoms. The van der Waals surface area contributed by atoms with Crippen LogP contribution in [0.1, 0.15) is 66.2 Å². The fourth-order valence-corrected chi connectivity index (χ4v) is 3.98. The molecule has 2 rings (SSSR count). The van der Waals surface area contributed by atoms with E-state index in [1.54, 1.807) is 0 Å². The monoisotopic (exact) mass is 339 g/mol. The molecule has 1 amide bonds. The Kier molecular flexibility index (Phi) is 6.93. The molecule has 2 aliphatic rings. The lowest BCUT2D eigenvalue weighted by atomic mass is 9.75. The van der Waals surface area contributed by atoms with Crippen LogP contribution in [0.15, 0.2) is 0 Å². The van der Waals surface area contributed by atoms with Crippen LogP contribution in [0.25, 0.3) is 0 Å². The van der Waals surface area contributed by atoms with Crippen molar-refractivity contribution in [1.29, 1.82) is 0 Å². The van der Waals surface area contributed by atoms with Crippen molar-refractivity contribution in [2.45, 2.75) is 77.9 Å². The first kappa shape index (κ1) is 19.5. The lowest BCUT2D eigenvalue weighted by Crippen LogP contribution is -2.49. The highest BCUT2D eigenvalue weighted by Gasteiger charge is 2.36. The van der Waals surface area contributed by atoms with E-state index in [1.165, 1.54) is 25.7 Å². The smallest absolute Gasteiger partial charge is 0.410 e. The van der Waals surface area contributed by atoms with Crippen molar-refractivity contribution in [3.8, 4) is 0 Å². The SMILES string of the molecule is CCCC1(CNCC2CCCN2)CCN(C(=O)OC(C)(C)C)CC1.